The molecule has 0 radical (unpaired) electrons. The van der Waals surface area contributed by atoms with Gasteiger partial charge < -0.3 is 5.32 Å². The second-order valence-corrected chi connectivity index (χ2v) is 7.00. The number of aromatic nitrogens is 2. The molecule has 4 heteroatoms. The Labute approximate surface area is 123 Å². The number of nitrogens with zero attached hydrogens (tertiary/aromatic N) is 2. The van der Waals surface area contributed by atoms with Crippen molar-refractivity contribution in [3.63, 3.8) is 0 Å². The molecule has 4 rings (SSSR count). The van der Waals surface area contributed by atoms with Gasteiger partial charge in [0.05, 0.1) is 0 Å². The Morgan fingerprint density at radius 2 is 2.20 bits per heavy atom. The van der Waals surface area contributed by atoms with Crippen LogP contribution in [0.3, 0.4) is 0 Å². The van der Waals surface area contributed by atoms with Gasteiger partial charge in [0, 0.05) is 24.0 Å². The number of hydrogen-bond donors (Lipinski definition) is 1. The van der Waals surface area contributed by atoms with Gasteiger partial charge in [0.2, 0.25) is 5.13 Å². The van der Waals surface area contributed by atoms with E-state index in [1.54, 1.807) is 11.1 Å². The van der Waals surface area contributed by atoms with E-state index in [2.05, 4.69) is 52.8 Å². The van der Waals surface area contributed by atoms with Crippen molar-refractivity contribution >= 4 is 16.7 Å². The Bertz CT molecular complexity index is 634. The van der Waals surface area contributed by atoms with E-state index < -0.39 is 0 Å². The zero-order chi connectivity index (χ0) is 13.7. The van der Waals surface area contributed by atoms with Gasteiger partial charge >= 0.3 is 0 Å². The summed E-state index contributed by atoms with van der Waals surface area (Å²) >= 11 is 1.49. The van der Waals surface area contributed by atoms with Crippen LogP contribution in [-0.2, 0) is 6.42 Å². The average Bonchev–Trinajstić information content (AvgIpc) is 2.83. The Morgan fingerprint density at radius 1 is 1.35 bits per heavy atom. The summed E-state index contributed by atoms with van der Waals surface area (Å²) in [6.45, 7) is 5.30. The van der Waals surface area contributed by atoms with Crippen LogP contribution in [0, 0.1) is 11.8 Å². The van der Waals surface area contributed by atoms with Gasteiger partial charge in [-0.1, -0.05) is 38.1 Å². The fourth-order valence-electron chi connectivity index (χ4n) is 3.51. The molecular formula is C16H19N3S. The van der Waals surface area contributed by atoms with Crippen molar-refractivity contribution < 1.29 is 0 Å². The third-order valence-electron chi connectivity index (χ3n) is 4.65. The molecule has 104 valence electrons. The molecule has 0 spiro atoms. The number of hydrogen-bond acceptors (Lipinski definition) is 4. The standard InChI is InChI=1S/C16H19N3S/c1-9(2)15-18-16(20-19-15)17-8-13-12-7-10-5-3-4-6-11(10)14(12)13/h3-6,9,12-14H,7-8H2,1-2H3,(H,17,18,19). The molecule has 1 fully saturated rings. The van der Waals surface area contributed by atoms with Crippen LogP contribution < -0.4 is 5.32 Å². The molecule has 20 heavy (non-hydrogen) atoms. The maximum absolute atomic E-state index is 4.54. The highest BCUT2D eigenvalue weighted by Gasteiger charge is 2.54. The summed E-state index contributed by atoms with van der Waals surface area (Å²) in [5.41, 5.74) is 3.15. The molecule has 3 nitrogen and oxygen atoms in total. The van der Waals surface area contributed by atoms with Crippen molar-refractivity contribution in [2.75, 3.05) is 11.9 Å². The van der Waals surface area contributed by atoms with Crippen LogP contribution in [0.15, 0.2) is 24.3 Å². The lowest BCUT2D eigenvalue weighted by molar-refractivity contribution is 0.718. The highest BCUT2D eigenvalue weighted by Crippen LogP contribution is 2.61. The molecule has 2 aliphatic carbocycles. The summed E-state index contributed by atoms with van der Waals surface area (Å²) in [7, 11) is 0. The molecule has 1 aromatic heterocycles. The van der Waals surface area contributed by atoms with Gasteiger partial charge in [-0.15, -0.1) is 0 Å². The smallest absolute Gasteiger partial charge is 0.202 e. The van der Waals surface area contributed by atoms with Crippen molar-refractivity contribution in [1.82, 2.24) is 9.36 Å². The normalized spacial score (nSPS) is 26.4. The van der Waals surface area contributed by atoms with Crippen molar-refractivity contribution in [1.29, 1.82) is 0 Å². The van der Waals surface area contributed by atoms with Gasteiger partial charge in [-0.25, -0.2) is 4.98 Å². The molecule has 0 amide bonds. The fourth-order valence-corrected chi connectivity index (χ4v) is 4.22. The molecular weight excluding hydrogens is 266 g/mol. The molecule has 0 saturated heterocycles. The third-order valence-corrected chi connectivity index (χ3v) is 5.34. The van der Waals surface area contributed by atoms with E-state index in [1.165, 1.54) is 18.0 Å². The third kappa shape index (κ3) is 1.94. The Balaban J connectivity index is 1.39. The molecule has 0 bridgehead atoms. The predicted octanol–water partition coefficient (Wildman–Crippen LogP) is 3.66. The molecule has 1 saturated carbocycles. The minimum Gasteiger partial charge on any atom is -0.360 e. The van der Waals surface area contributed by atoms with Gasteiger partial charge in [0.25, 0.3) is 0 Å². The molecule has 3 unspecified atom stereocenters. The Morgan fingerprint density at radius 3 is 3.00 bits per heavy atom. The molecule has 2 aliphatic rings. The fraction of sp³-hybridized carbons (Fsp3) is 0.500. The van der Waals surface area contributed by atoms with Gasteiger partial charge in [0.1, 0.15) is 5.82 Å². The van der Waals surface area contributed by atoms with E-state index in [-0.39, 0.29) is 0 Å². The summed E-state index contributed by atoms with van der Waals surface area (Å²) in [4.78, 5) is 4.54. The van der Waals surface area contributed by atoms with Crippen LogP contribution in [0.4, 0.5) is 5.13 Å². The molecule has 1 N–H and O–H groups in total. The van der Waals surface area contributed by atoms with Crippen LogP contribution in [0.2, 0.25) is 0 Å². The number of nitrogens with one attached hydrogen (secondary N) is 1. The summed E-state index contributed by atoms with van der Waals surface area (Å²) in [5, 5.41) is 4.46. The lowest BCUT2D eigenvalue weighted by atomic mass is 10.0. The molecule has 0 aliphatic heterocycles. The Hall–Kier alpha value is -1.42. The molecule has 3 atom stereocenters. The summed E-state index contributed by atoms with van der Waals surface area (Å²) < 4.78 is 4.39. The topological polar surface area (TPSA) is 37.8 Å². The zero-order valence-electron chi connectivity index (χ0n) is 11.8. The first-order chi connectivity index (χ1) is 9.74. The molecule has 1 heterocycles. The van der Waals surface area contributed by atoms with Crippen molar-refractivity contribution in [2.24, 2.45) is 11.8 Å². The first-order valence-electron chi connectivity index (χ1n) is 7.39. The largest absolute Gasteiger partial charge is 0.360 e. The maximum atomic E-state index is 4.54. The van der Waals surface area contributed by atoms with Gasteiger partial charge in [-0.05, 0) is 35.3 Å². The predicted molar refractivity (Wildman–Crippen MR) is 82.4 cm³/mol. The minimum atomic E-state index is 0.411. The SMILES string of the molecule is CC(C)c1nsc(NCC2C3Cc4ccccc4C23)n1. The van der Waals surface area contributed by atoms with E-state index in [4.69, 9.17) is 0 Å². The summed E-state index contributed by atoms with van der Waals surface area (Å²) in [5.74, 6) is 3.80. The quantitative estimate of drug-likeness (QED) is 0.931. The highest BCUT2D eigenvalue weighted by atomic mass is 32.1. The van der Waals surface area contributed by atoms with E-state index in [9.17, 15) is 0 Å². The molecule has 2 aromatic rings. The van der Waals surface area contributed by atoms with Crippen LogP contribution in [-0.4, -0.2) is 15.9 Å². The zero-order valence-corrected chi connectivity index (χ0v) is 12.7. The van der Waals surface area contributed by atoms with Crippen molar-refractivity contribution in [3.05, 3.63) is 41.2 Å². The van der Waals surface area contributed by atoms with Crippen molar-refractivity contribution in [2.45, 2.75) is 32.1 Å². The van der Waals surface area contributed by atoms with Gasteiger partial charge in [-0.3, -0.25) is 0 Å². The number of anilines is 1. The lowest BCUT2D eigenvalue weighted by Gasteiger charge is -2.07. The Kier molecular flexibility index (Phi) is 2.81. The first-order valence-corrected chi connectivity index (χ1v) is 8.16. The average molecular weight is 285 g/mol. The number of fused-ring (bicyclic) bond motifs is 3. The second kappa shape index (κ2) is 4.55. The minimum absolute atomic E-state index is 0.411. The monoisotopic (exact) mass is 285 g/mol. The van der Waals surface area contributed by atoms with E-state index in [1.807, 2.05) is 0 Å². The highest BCUT2D eigenvalue weighted by molar-refractivity contribution is 7.09. The number of benzene rings is 1. The van der Waals surface area contributed by atoms with E-state index >= 15 is 0 Å². The van der Waals surface area contributed by atoms with Crippen LogP contribution in [0.5, 0.6) is 0 Å². The lowest BCUT2D eigenvalue weighted by Crippen LogP contribution is -2.08. The van der Waals surface area contributed by atoms with Crippen LogP contribution in [0.1, 0.15) is 42.6 Å². The van der Waals surface area contributed by atoms with E-state index in [0.717, 1.165) is 35.3 Å². The van der Waals surface area contributed by atoms with Crippen LogP contribution >= 0.6 is 11.5 Å². The van der Waals surface area contributed by atoms with Gasteiger partial charge in [-0.2, -0.15) is 4.37 Å². The van der Waals surface area contributed by atoms with Gasteiger partial charge in [0.15, 0.2) is 0 Å². The first kappa shape index (κ1) is 12.3. The molecule has 1 aromatic carbocycles. The number of rotatable bonds is 4. The van der Waals surface area contributed by atoms with E-state index in [0.29, 0.717) is 5.92 Å². The second-order valence-electron chi connectivity index (χ2n) is 6.25. The maximum Gasteiger partial charge on any atom is 0.202 e. The van der Waals surface area contributed by atoms with Crippen LogP contribution in [0.25, 0.3) is 0 Å². The van der Waals surface area contributed by atoms with Crippen molar-refractivity contribution in [3.8, 4) is 0 Å². The summed E-state index contributed by atoms with van der Waals surface area (Å²) in [6.07, 6.45) is 1.26. The summed E-state index contributed by atoms with van der Waals surface area (Å²) in [6, 6.07) is 8.92.